The average Bonchev–Trinajstić information content (AvgIpc) is 2.30. The van der Waals surface area contributed by atoms with Crippen molar-refractivity contribution in [3.63, 3.8) is 0 Å². The molecule has 0 fully saturated rings. The van der Waals surface area contributed by atoms with Gasteiger partial charge in [0, 0.05) is 0 Å². The second-order valence-electron chi connectivity index (χ2n) is 8.97. The number of hydrogen-bond acceptors (Lipinski definition) is 8. The van der Waals surface area contributed by atoms with E-state index in [1.54, 1.807) is 0 Å². The molecule has 0 aliphatic carbocycles. The van der Waals surface area contributed by atoms with Gasteiger partial charge in [0.25, 0.3) is 0 Å². The largest absolute Gasteiger partial charge is 4.00 e. The first kappa shape index (κ1) is 32.4. The van der Waals surface area contributed by atoms with Gasteiger partial charge in [0.2, 0.25) is 0 Å². The molecule has 0 aromatic heterocycles. The van der Waals surface area contributed by atoms with E-state index >= 15 is 0 Å². The number of hydrogen-bond donors (Lipinski definition) is 0. The molecule has 0 aromatic rings. The molecule has 0 heterocycles. The van der Waals surface area contributed by atoms with Crippen LogP contribution in [0.5, 0.6) is 0 Å². The fourth-order valence-corrected chi connectivity index (χ4v) is 3.85. The van der Waals surface area contributed by atoms with Crippen LogP contribution in [-0.2, 0) is 35.5 Å². The third-order valence-electron chi connectivity index (χ3n) is 3.15. The maximum atomic E-state index is 10.2. The van der Waals surface area contributed by atoms with E-state index in [-0.39, 0.29) is 41.4 Å². The van der Waals surface area contributed by atoms with Gasteiger partial charge in [0.1, 0.15) is 0 Å². The molecule has 0 aliphatic heterocycles. The molecule has 0 radical (unpaired) electrons. The molecule has 27 heavy (non-hydrogen) atoms. The van der Waals surface area contributed by atoms with Crippen LogP contribution in [0.2, 0.25) is 0 Å². The molecule has 0 bridgehead atoms. The molecule has 0 N–H and O–H groups in total. The molecule has 11 heteroatoms. The quantitative estimate of drug-likeness (QED) is 0.441. The Labute approximate surface area is 175 Å². The number of phosphoric ester groups is 2. The van der Waals surface area contributed by atoms with Crippen LogP contribution in [0, 0.1) is 22.7 Å². The molecule has 0 atom stereocenters. The monoisotopic (exact) mass is 468 g/mol. The summed E-state index contributed by atoms with van der Waals surface area (Å²) in [6.45, 7) is 15.6. The molecule has 8 nitrogen and oxygen atoms in total. The minimum atomic E-state index is -4.81. The standard InChI is InChI=1S/2C8H19O4P.Cr/c2*1-7(2)5-8(3,4)6-12-13(9,10)11;/h2*7H,5-6H2,1-4H3,(H2,9,10,11);/q;;+4/p-4. The predicted molar refractivity (Wildman–Crippen MR) is 93.6 cm³/mol. The van der Waals surface area contributed by atoms with Crippen molar-refractivity contribution in [2.45, 2.75) is 68.2 Å². The van der Waals surface area contributed by atoms with Gasteiger partial charge in [-0.05, 0) is 35.5 Å². The van der Waals surface area contributed by atoms with Crippen LogP contribution in [-0.4, -0.2) is 13.2 Å². The first-order valence-electron chi connectivity index (χ1n) is 8.58. The van der Waals surface area contributed by atoms with Crippen molar-refractivity contribution >= 4 is 15.6 Å². The smallest absolute Gasteiger partial charge is 0.790 e. The first-order chi connectivity index (χ1) is 11.2. The number of phosphoric acid groups is 2. The first-order valence-corrected chi connectivity index (χ1v) is 11.5. The zero-order valence-corrected chi connectivity index (χ0v) is 20.6. The molecular formula is C16H34CrO8P2. The van der Waals surface area contributed by atoms with Crippen molar-refractivity contribution < 1.29 is 55.1 Å². The van der Waals surface area contributed by atoms with Crippen LogP contribution in [0.3, 0.4) is 0 Å². The molecule has 0 aromatic carbocycles. The molecule has 0 amide bonds. The second-order valence-corrected chi connectivity index (χ2v) is 11.3. The third-order valence-corrected chi connectivity index (χ3v) is 4.04. The molecule has 0 saturated heterocycles. The zero-order chi connectivity index (χ0) is 21.4. The summed E-state index contributed by atoms with van der Waals surface area (Å²) in [5.41, 5.74) is -0.530. The minimum Gasteiger partial charge on any atom is -0.790 e. The average molecular weight is 468 g/mol. The Balaban J connectivity index is -0.000000411. The van der Waals surface area contributed by atoms with E-state index in [2.05, 4.69) is 9.05 Å². The van der Waals surface area contributed by atoms with Gasteiger partial charge in [0.15, 0.2) is 0 Å². The summed E-state index contributed by atoms with van der Waals surface area (Å²) in [7, 11) is -9.61. The van der Waals surface area contributed by atoms with Gasteiger partial charge in [-0.3, -0.25) is 0 Å². The van der Waals surface area contributed by atoms with E-state index in [0.717, 1.165) is 12.8 Å². The molecular weight excluding hydrogens is 434 g/mol. The predicted octanol–water partition coefficient (Wildman–Crippen LogP) is 1.81. The van der Waals surface area contributed by atoms with Crippen LogP contribution >= 0.6 is 15.6 Å². The second kappa shape index (κ2) is 13.1. The van der Waals surface area contributed by atoms with Gasteiger partial charge in [-0.1, -0.05) is 55.4 Å². The van der Waals surface area contributed by atoms with Crippen LogP contribution in [0.15, 0.2) is 0 Å². The number of rotatable bonds is 10. The van der Waals surface area contributed by atoms with Crippen LogP contribution in [0.1, 0.15) is 68.2 Å². The van der Waals surface area contributed by atoms with Crippen molar-refractivity contribution in [1.29, 1.82) is 0 Å². The van der Waals surface area contributed by atoms with E-state index < -0.39 is 15.6 Å². The topological polar surface area (TPSA) is 145 Å². The minimum absolute atomic E-state index is 0. The summed E-state index contributed by atoms with van der Waals surface area (Å²) in [6.07, 6.45) is 1.65. The van der Waals surface area contributed by atoms with Gasteiger partial charge < -0.3 is 37.8 Å². The van der Waals surface area contributed by atoms with E-state index in [4.69, 9.17) is 0 Å². The molecule has 0 rings (SSSR count). The van der Waals surface area contributed by atoms with Gasteiger partial charge in [-0.15, -0.1) is 0 Å². The maximum absolute atomic E-state index is 10.2. The summed E-state index contributed by atoms with van der Waals surface area (Å²) < 4.78 is 28.9. The van der Waals surface area contributed by atoms with Crippen molar-refractivity contribution in [2.75, 3.05) is 13.2 Å². The summed E-state index contributed by atoms with van der Waals surface area (Å²) in [6, 6.07) is 0. The molecule has 0 unspecified atom stereocenters. The Hall–Kier alpha value is 0.752. The van der Waals surface area contributed by atoms with E-state index in [9.17, 15) is 28.7 Å². The summed E-state index contributed by atoms with van der Waals surface area (Å²) in [5.74, 6) is 0.910. The molecule has 0 spiro atoms. The van der Waals surface area contributed by atoms with Gasteiger partial charge in [-0.25, -0.2) is 0 Å². The SMILES string of the molecule is CC(C)CC(C)(C)COP(=O)([O-])[O-].CC(C)CC(C)(C)COP(=O)([O-])[O-].[Cr+4]. The summed E-state index contributed by atoms with van der Waals surface area (Å²) in [5, 5.41) is 0. The van der Waals surface area contributed by atoms with Crippen LogP contribution in [0.4, 0.5) is 0 Å². The Morgan fingerprint density at radius 1 is 0.704 bits per heavy atom. The zero-order valence-electron chi connectivity index (χ0n) is 17.6. The van der Waals surface area contributed by atoms with E-state index in [1.807, 2.05) is 55.4 Å². The van der Waals surface area contributed by atoms with Crippen LogP contribution in [0.25, 0.3) is 0 Å². The molecule has 0 aliphatic rings. The summed E-state index contributed by atoms with van der Waals surface area (Å²) in [4.78, 5) is 40.9. The Morgan fingerprint density at radius 2 is 0.926 bits per heavy atom. The van der Waals surface area contributed by atoms with Crippen LogP contribution < -0.4 is 19.6 Å². The fraction of sp³-hybridized carbons (Fsp3) is 1.00. The summed E-state index contributed by atoms with van der Waals surface area (Å²) >= 11 is 0. The Morgan fingerprint density at radius 3 is 1.07 bits per heavy atom. The molecule has 162 valence electrons. The van der Waals surface area contributed by atoms with Crippen molar-refractivity contribution in [3.8, 4) is 0 Å². The van der Waals surface area contributed by atoms with Crippen molar-refractivity contribution in [3.05, 3.63) is 0 Å². The van der Waals surface area contributed by atoms with Gasteiger partial charge in [-0.2, -0.15) is 0 Å². The van der Waals surface area contributed by atoms with Crippen molar-refractivity contribution in [1.82, 2.24) is 0 Å². The van der Waals surface area contributed by atoms with E-state index in [0.29, 0.717) is 11.8 Å². The Bertz CT molecular complexity index is 439. The third kappa shape index (κ3) is 26.8. The molecule has 0 saturated carbocycles. The normalized spacial score (nSPS) is 13.3. The van der Waals surface area contributed by atoms with Gasteiger partial charge >= 0.3 is 17.4 Å². The van der Waals surface area contributed by atoms with Crippen molar-refractivity contribution in [2.24, 2.45) is 22.7 Å². The Kier molecular flexibility index (Phi) is 15.8. The van der Waals surface area contributed by atoms with E-state index in [1.165, 1.54) is 0 Å². The fourth-order valence-electron chi connectivity index (χ4n) is 2.84. The maximum Gasteiger partial charge on any atom is 4.00 e. The van der Waals surface area contributed by atoms with Gasteiger partial charge in [0.05, 0.1) is 28.9 Å².